The second-order valence-corrected chi connectivity index (χ2v) is 8.01. The third kappa shape index (κ3) is 3.54. The smallest absolute Gasteiger partial charge is 0.263 e. The molecule has 1 aliphatic heterocycles. The topological polar surface area (TPSA) is 78.1 Å². The molecule has 0 N–H and O–H groups in total. The fraction of sp³-hybridized carbons (Fsp3) is 0.304. The Hall–Kier alpha value is -3.59. The van der Waals surface area contributed by atoms with Crippen LogP contribution in [0.4, 0.5) is 10.2 Å². The lowest BCUT2D eigenvalue weighted by atomic mass is 10.1. The van der Waals surface area contributed by atoms with E-state index in [1.54, 1.807) is 37.0 Å². The number of morpholine rings is 1. The lowest BCUT2D eigenvalue weighted by molar-refractivity contribution is 0.0395. The molecule has 0 radical (unpaired) electrons. The Morgan fingerprint density at radius 2 is 1.94 bits per heavy atom. The summed E-state index contributed by atoms with van der Waals surface area (Å²) in [5.41, 5.74) is 2.55. The predicted octanol–water partition coefficient (Wildman–Crippen LogP) is 2.75. The number of hydrogen-bond acceptors (Lipinski definition) is 6. The molecule has 9 heteroatoms. The number of anilines is 1. The van der Waals surface area contributed by atoms with Gasteiger partial charge < -0.3 is 9.64 Å². The molecule has 1 saturated heterocycles. The highest BCUT2D eigenvalue weighted by Gasteiger charge is 2.26. The van der Waals surface area contributed by atoms with Crippen molar-refractivity contribution in [3.63, 3.8) is 0 Å². The highest BCUT2D eigenvalue weighted by molar-refractivity contribution is 5.93. The minimum atomic E-state index is -0.344. The lowest BCUT2D eigenvalue weighted by Crippen LogP contribution is -2.39. The van der Waals surface area contributed by atoms with Crippen LogP contribution in [-0.4, -0.2) is 44.0 Å². The molecule has 1 aliphatic rings. The third-order valence-corrected chi connectivity index (χ3v) is 5.88. The summed E-state index contributed by atoms with van der Waals surface area (Å²) in [5, 5.41) is 4.67. The lowest BCUT2D eigenvalue weighted by Gasteiger charge is -2.33. The first-order valence-electron chi connectivity index (χ1n) is 10.4. The zero-order valence-corrected chi connectivity index (χ0v) is 18.1. The Labute approximate surface area is 183 Å². The van der Waals surface area contributed by atoms with E-state index in [2.05, 4.69) is 15.0 Å². The number of halogens is 1. The summed E-state index contributed by atoms with van der Waals surface area (Å²) in [6, 6.07) is 7.86. The predicted molar refractivity (Wildman–Crippen MR) is 119 cm³/mol. The SMILES string of the molecule is Cc1nc2cc(N3CCOC(c4cnn(C)c4)C3)nc(-c3ccc(F)cc3)c2c(=O)n1C. The Kier molecular flexibility index (Phi) is 4.97. The van der Waals surface area contributed by atoms with Gasteiger partial charge in [-0.3, -0.25) is 14.0 Å². The number of fused-ring (bicyclic) bond motifs is 1. The number of benzene rings is 1. The summed E-state index contributed by atoms with van der Waals surface area (Å²) in [4.78, 5) is 24.7. The van der Waals surface area contributed by atoms with E-state index in [0.717, 1.165) is 5.56 Å². The molecule has 5 rings (SSSR count). The maximum Gasteiger partial charge on any atom is 0.263 e. The zero-order chi connectivity index (χ0) is 22.4. The van der Waals surface area contributed by atoms with Crippen molar-refractivity contribution in [2.45, 2.75) is 13.0 Å². The molecule has 0 spiro atoms. The van der Waals surface area contributed by atoms with Gasteiger partial charge in [-0.1, -0.05) is 0 Å². The van der Waals surface area contributed by atoms with Crippen LogP contribution in [0.25, 0.3) is 22.2 Å². The van der Waals surface area contributed by atoms with Gasteiger partial charge >= 0.3 is 0 Å². The van der Waals surface area contributed by atoms with E-state index in [-0.39, 0.29) is 17.5 Å². The van der Waals surface area contributed by atoms with E-state index >= 15 is 0 Å². The van der Waals surface area contributed by atoms with E-state index in [0.29, 0.717) is 53.5 Å². The second-order valence-electron chi connectivity index (χ2n) is 8.01. The first-order valence-corrected chi connectivity index (χ1v) is 10.4. The standard InChI is InChI=1S/C23H23FN6O2/c1-14-26-18-10-20(30-8-9-32-19(13-30)16-11-25-28(2)12-16)27-22(21(18)23(31)29(14)3)15-4-6-17(24)7-5-15/h4-7,10-12,19H,8-9,13H2,1-3H3. The van der Waals surface area contributed by atoms with Crippen LogP contribution in [0, 0.1) is 12.7 Å². The van der Waals surface area contributed by atoms with Crippen LogP contribution in [0.5, 0.6) is 0 Å². The van der Waals surface area contributed by atoms with Crippen LogP contribution in [-0.2, 0) is 18.8 Å². The van der Waals surface area contributed by atoms with Crippen molar-refractivity contribution in [3.8, 4) is 11.3 Å². The zero-order valence-electron chi connectivity index (χ0n) is 18.1. The molecule has 8 nitrogen and oxygen atoms in total. The molecule has 1 aromatic carbocycles. The van der Waals surface area contributed by atoms with Crippen LogP contribution in [0.15, 0.2) is 47.5 Å². The van der Waals surface area contributed by atoms with E-state index in [1.807, 2.05) is 19.3 Å². The van der Waals surface area contributed by atoms with Crippen molar-refractivity contribution < 1.29 is 9.13 Å². The molecule has 164 valence electrons. The summed E-state index contributed by atoms with van der Waals surface area (Å²) in [6.45, 7) is 3.58. The van der Waals surface area contributed by atoms with Crippen LogP contribution < -0.4 is 10.5 Å². The van der Waals surface area contributed by atoms with Crippen molar-refractivity contribution in [2.24, 2.45) is 14.1 Å². The molecule has 1 atom stereocenters. The van der Waals surface area contributed by atoms with Crippen molar-refractivity contribution in [3.05, 3.63) is 70.3 Å². The molecule has 3 aromatic heterocycles. The maximum absolute atomic E-state index is 13.6. The summed E-state index contributed by atoms with van der Waals surface area (Å²) in [5.74, 6) is 0.970. The van der Waals surface area contributed by atoms with E-state index in [9.17, 15) is 9.18 Å². The van der Waals surface area contributed by atoms with Crippen LogP contribution in [0.1, 0.15) is 17.5 Å². The van der Waals surface area contributed by atoms with Crippen molar-refractivity contribution >= 4 is 16.7 Å². The van der Waals surface area contributed by atoms with Crippen LogP contribution in [0.2, 0.25) is 0 Å². The van der Waals surface area contributed by atoms with E-state index < -0.39 is 0 Å². The van der Waals surface area contributed by atoms with Gasteiger partial charge in [0.15, 0.2) is 0 Å². The monoisotopic (exact) mass is 434 g/mol. The third-order valence-electron chi connectivity index (χ3n) is 5.88. The maximum atomic E-state index is 13.6. The fourth-order valence-corrected chi connectivity index (χ4v) is 4.03. The number of aryl methyl sites for hydroxylation is 2. The van der Waals surface area contributed by atoms with Crippen molar-refractivity contribution in [2.75, 3.05) is 24.6 Å². The normalized spacial score (nSPS) is 16.6. The van der Waals surface area contributed by atoms with Gasteiger partial charge in [0.2, 0.25) is 0 Å². The molecule has 0 aliphatic carbocycles. The Bertz CT molecular complexity index is 1360. The number of pyridine rings is 1. The first kappa shape index (κ1) is 20.3. The molecule has 0 saturated carbocycles. The molecule has 4 heterocycles. The average molecular weight is 434 g/mol. The molecule has 1 unspecified atom stereocenters. The van der Waals surface area contributed by atoms with Gasteiger partial charge in [0.1, 0.15) is 23.6 Å². The van der Waals surface area contributed by atoms with Crippen molar-refractivity contribution in [1.82, 2.24) is 24.3 Å². The number of hydrogen-bond donors (Lipinski definition) is 0. The van der Waals surface area contributed by atoms with Gasteiger partial charge in [-0.2, -0.15) is 5.10 Å². The Balaban J connectivity index is 1.64. The second kappa shape index (κ2) is 7.83. The molecular formula is C23H23FN6O2. The number of nitrogens with zero attached hydrogens (tertiary/aromatic N) is 6. The van der Waals surface area contributed by atoms with Gasteiger partial charge in [0.25, 0.3) is 5.56 Å². The van der Waals surface area contributed by atoms with Gasteiger partial charge in [-0.25, -0.2) is 14.4 Å². The molecule has 0 bridgehead atoms. The minimum absolute atomic E-state index is 0.137. The molecular weight excluding hydrogens is 411 g/mol. The molecule has 0 amide bonds. The summed E-state index contributed by atoms with van der Waals surface area (Å²) in [6.07, 6.45) is 3.61. The summed E-state index contributed by atoms with van der Waals surface area (Å²) in [7, 11) is 3.56. The van der Waals surface area contributed by atoms with Gasteiger partial charge in [0.05, 0.1) is 29.4 Å². The Morgan fingerprint density at radius 3 is 2.66 bits per heavy atom. The fourth-order valence-electron chi connectivity index (χ4n) is 4.03. The number of ether oxygens (including phenoxy) is 1. The molecule has 1 fully saturated rings. The number of rotatable bonds is 3. The first-order chi connectivity index (χ1) is 15.4. The summed E-state index contributed by atoms with van der Waals surface area (Å²) < 4.78 is 22.8. The largest absolute Gasteiger partial charge is 0.370 e. The quantitative estimate of drug-likeness (QED) is 0.494. The minimum Gasteiger partial charge on any atom is -0.370 e. The molecule has 32 heavy (non-hydrogen) atoms. The molecule has 4 aromatic rings. The highest BCUT2D eigenvalue weighted by atomic mass is 19.1. The highest BCUT2D eigenvalue weighted by Crippen LogP contribution is 2.31. The van der Waals surface area contributed by atoms with Gasteiger partial charge in [0, 0.05) is 50.6 Å². The summed E-state index contributed by atoms with van der Waals surface area (Å²) >= 11 is 0. The van der Waals surface area contributed by atoms with E-state index in [1.165, 1.54) is 16.7 Å². The van der Waals surface area contributed by atoms with Crippen LogP contribution in [0.3, 0.4) is 0 Å². The Morgan fingerprint density at radius 1 is 1.16 bits per heavy atom. The number of aromatic nitrogens is 5. The average Bonchev–Trinajstić information content (AvgIpc) is 3.24. The van der Waals surface area contributed by atoms with Gasteiger partial charge in [-0.15, -0.1) is 0 Å². The van der Waals surface area contributed by atoms with Gasteiger partial charge in [-0.05, 0) is 31.2 Å². The van der Waals surface area contributed by atoms with Crippen molar-refractivity contribution in [1.29, 1.82) is 0 Å². The van der Waals surface area contributed by atoms with E-state index in [4.69, 9.17) is 9.72 Å². The van der Waals surface area contributed by atoms with Crippen LogP contribution >= 0.6 is 0 Å².